The molecule has 0 spiro atoms. The lowest BCUT2D eigenvalue weighted by Crippen LogP contribution is -2.44. The van der Waals surface area contributed by atoms with Crippen LogP contribution in [0.4, 0.5) is 0 Å². The fraction of sp³-hybridized carbons (Fsp3) is 0.429. The van der Waals surface area contributed by atoms with Crippen LogP contribution >= 0.6 is 0 Å². The molecule has 4 nitrogen and oxygen atoms in total. The quantitative estimate of drug-likeness (QED) is 0.377. The van der Waals surface area contributed by atoms with Gasteiger partial charge in [0.1, 0.15) is 8.07 Å². The Morgan fingerprint density at radius 3 is 2.12 bits per heavy atom. The van der Waals surface area contributed by atoms with Crippen molar-refractivity contribution >= 4 is 20.0 Å². The van der Waals surface area contributed by atoms with Crippen molar-refractivity contribution in [3.63, 3.8) is 0 Å². The molecular weight excluding hydrogens is 342 g/mol. The third-order valence-electron chi connectivity index (χ3n) is 3.10. The van der Waals surface area contributed by atoms with Gasteiger partial charge in [0.25, 0.3) is 5.91 Å². The number of rotatable bonds is 4. The van der Waals surface area contributed by atoms with Crippen molar-refractivity contribution in [1.29, 1.82) is 0 Å². The first kappa shape index (κ1) is 21.7. The summed E-state index contributed by atoms with van der Waals surface area (Å²) in [7, 11) is -1.46. The summed E-state index contributed by atoms with van der Waals surface area (Å²) in [4.78, 5) is 24.6. The summed E-state index contributed by atoms with van der Waals surface area (Å²) in [6.45, 7) is 17.3. The van der Waals surface area contributed by atoms with Crippen LogP contribution in [-0.2, 0) is 14.3 Å². The average molecular weight is 372 g/mol. The van der Waals surface area contributed by atoms with Gasteiger partial charge in [-0.25, -0.2) is 4.79 Å². The molecule has 0 bridgehead atoms. The first-order chi connectivity index (χ1) is 11.8. The van der Waals surface area contributed by atoms with E-state index in [9.17, 15) is 9.59 Å². The van der Waals surface area contributed by atoms with Gasteiger partial charge in [-0.1, -0.05) is 44.3 Å². The summed E-state index contributed by atoms with van der Waals surface area (Å²) in [5.41, 5.74) is 4.58. The normalized spacial score (nSPS) is 12.4. The molecule has 5 heteroatoms. The van der Waals surface area contributed by atoms with Crippen molar-refractivity contribution in [2.75, 3.05) is 0 Å². The molecule has 1 N–H and O–H groups in total. The van der Waals surface area contributed by atoms with E-state index in [1.54, 1.807) is 19.1 Å². The standard InChI is InChI=1S/C21H29NO3Si/c1-15(2)20(24)25-18(19(23)22-21(3,4)5)17-11-9-16(10-12-17)13-14-26(6,7)8/h9-12,18H,1H2,2-8H3,(H,22,23). The lowest BCUT2D eigenvalue weighted by molar-refractivity contribution is -0.153. The number of carbonyl (C=O) groups excluding carboxylic acids is 2. The first-order valence-electron chi connectivity index (χ1n) is 8.60. The second-order valence-electron chi connectivity index (χ2n) is 8.43. The number of carbonyl (C=O) groups is 2. The fourth-order valence-electron chi connectivity index (χ4n) is 1.92. The Balaban J connectivity index is 3.13. The summed E-state index contributed by atoms with van der Waals surface area (Å²) >= 11 is 0. The molecular formula is C21H29NO3Si. The van der Waals surface area contributed by atoms with E-state index < -0.39 is 25.7 Å². The predicted molar refractivity (Wildman–Crippen MR) is 108 cm³/mol. The summed E-state index contributed by atoms with van der Waals surface area (Å²) in [6, 6.07) is 7.22. The van der Waals surface area contributed by atoms with Gasteiger partial charge in [0.05, 0.1) is 0 Å². The van der Waals surface area contributed by atoms with Crippen LogP contribution in [0.15, 0.2) is 36.4 Å². The van der Waals surface area contributed by atoms with Crippen molar-refractivity contribution < 1.29 is 14.3 Å². The lowest BCUT2D eigenvalue weighted by atomic mass is 10.0. The van der Waals surface area contributed by atoms with Gasteiger partial charge >= 0.3 is 5.97 Å². The molecule has 1 atom stereocenters. The third-order valence-corrected chi connectivity index (χ3v) is 3.98. The minimum absolute atomic E-state index is 0.246. The predicted octanol–water partition coefficient (Wildman–Crippen LogP) is 3.99. The molecule has 1 amide bonds. The van der Waals surface area contributed by atoms with Gasteiger partial charge in [0.2, 0.25) is 6.10 Å². The van der Waals surface area contributed by atoms with Crippen molar-refractivity contribution in [3.05, 3.63) is 47.5 Å². The van der Waals surface area contributed by atoms with Gasteiger partial charge in [0.15, 0.2) is 0 Å². The Morgan fingerprint density at radius 2 is 1.69 bits per heavy atom. The Labute approximate surface area is 158 Å². The van der Waals surface area contributed by atoms with Gasteiger partial charge in [-0.05, 0) is 39.8 Å². The van der Waals surface area contributed by atoms with Gasteiger partial charge in [-0.3, -0.25) is 4.79 Å². The summed E-state index contributed by atoms with van der Waals surface area (Å²) in [6.07, 6.45) is -1.03. The van der Waals surface area contributed by atoms with Gasteiger partial charge in [-0.15, -0.1) is 5.54 Å². The van der Waals surface area contributed by atoms with Gasteiger partial charge < -0.3 is 10.1 Å². The minimum Gasteiger partial charge on any atom is -0.444 e. The Bertz CT molecular complexity index is 741. The molecule has 1 aromatic carbocycles. The molecule has 0 aliphatic heterocycles. The van der Waals surface area contributed by atoms with Gasteiger partial charge in [0, 0.05) is 22.2 Å². The second-order valence-corrected chi connectivity index (χ2v) is 13.2. The topological polar surface area (TPSA) is 55.4 Å². The molecule has 0 aromatic heterocycles. The highest BCUT2D eigenvalue weighted by molar-refractivity contribution is 6.83. The van der Waals surface area contributed by atoms with E-state index in [0.29, 0.717) is 5.56 Å². The third kappa shape index (κ3) is 7.71. The average Bonchev–Trinajstić information content (AvgIpc) is 2.48. The van der Waals surface area contributed by atoms with E-state index in [2.05, 4.69) is 43.0 Å². The lowest BCUT2D eigenvalue weighted by Gasteiger charge is -2.25. The highest BCUT2D eigenvalue weighted by atomic mass is 28.3. The smallest absolute Gasteiger partial charge is 0.334 e. The maximum atomic E-state index is 12.6. The molecule has 0 saturated carbocycles. The molecule has 1 unspecified atom stereocenters. The molecule has 0 saturated heterocycles. The number of ether oxygens (including phenoxy) is 1. The molecule has 0 radical (unpaired) electrons. The summed E-state index contributed by atoms with van der Waals surface area (Å²) in [5.74, 6) is 2.20. The van der Waals surface area contributed by atoms with Crippen LogP contribution in [-0.4, -0.2) is 25.5 Å². The van der Waals surface area contributed by atoms with Crippen LogP contribution in [0, 0.1) is 11.5 Å². The second kappa shape index (κ2) is 8.37. The number of hydrogen-bond acceptors (Lipinski definition) is 3. The van der Waals surface area contributed by atoms with Crippen molar-refractivity contribution in [3.8, 4) is 11.5 Å². The number of esters is 1. The zero-order valence-corrected chi connectivity index (χ0v) is 17.8. The number of hydrogen-bond donors (Lipinski definition) is 1. The van der Waals surface area contributed by atoms with Crippen molar-refractivity contribution in [2.24, 2.45) is 0 Å². The number of nitrogens with one attached hydrogen (secondary N) is 1. The van der Waals surface area contributed by atoms with E-state index in [4.69, 9.17) is 4.74 Å². The molecule has 1 rings (SSSR count). The molecule has 140 valence electrons. The zero-order chi connectivity index (χ0) is 20.1. The van der Waals surface area contributed by atoms with Gasteiger partial charge in [-0.2, -0.15) is 0 Å². The van der Waals surface area contributed by atoms with Crippen LogP contribution < -0.4 is 5.32 Å². The molecule has 0 aliphatic rings. The van der Waals surface area contributed by atoms with Crippen LogP contribution in [0.5, 0.6) is 0 Å². The number of benzene rings is 1. The highest BCUT2D eigenvalue weighted by Crippen LogP contribution is 2.21. The molecule has 0 heterocycles. The van der Waals surface area contributed by atoms with Crippen LogP contribution in [0.2, 0.25) is 19.6 Å². The first-order valence-corrected chi connectivity index (χ1v) is 12.1. The Kier molecular flexibility index (Phi) is 6.99. The monoisotopic (exact) mass is 371 g/mol. The van der Waals surface area contributed by atoms with Crippen LogP contribution in [0.25, 0.3) is 0 Å². The van der Waals surface area contributed by atoms with E-state index >= 15 is 0 Å². The van der Waals surface area contributed by atoms with E-state index in [1.807, 2.05) is 32.9 Å². The van der Waals surface area contributed by atoms with E-state index in [-0.39, 0.29) is 11.5 Å². The molecule has 0 fully saturated rings. The van der Waals surface area contributed by atoms with Crippen molar-refractivity contribution in [1.82, 2.24) is 5.32 Å². The Morgan fingerprint density at radius 1 is 1.15 bits per heavy atom. The van der Waals surface area contributed by atoms with E-state index in [0.717, 1.165) is 5.56 Å². The van der Waals surface area contributed by atoms with Crippen LogP contribution in [0.3, 0.4) is 0 Å². The summed E-state index contributed by atoms with van der Waals surface area (Å²) in [5, 5.41) is 2.85. The van der Waals surface area contributed by atoms with Crippen LogP contribution in [0.1, 0.15) is 44.9 Å². The highest BCUT2D eigenvalue weighted by Gasteiger charge is 2.28. The Hall–Kier alpha value is -2.32. The maximum Gasteiger partial charge on any atom is 0.334 e. The minimum atomic E-state index is -1.46. The zero-order valence-electron chi connectivity index (χ0n) is 16.8. The SMILES string of the molecule is C=C(C)C(=O)OC(C(=O)NC(C)(C)C)c1ccc(C#C[Si](C)(C)C)cc1. The maximum absolute atomic E-state index is 12.6. The fourth-order valence-corrected chi connectivity index (χ4v) is 2.44. The largest absolute Gasteiger partial charge is 0.444 e. The molecule has 1 aromatic rings. The number of amides is 1. The molecule has 26 heavy (non-hydrogen) atoms. The van der Waals surface area contributed by atoms with E-state index in [1.165, 1.54) is 0 Å². The molecule has 0 aliphatic carbocycles. The van der Waals surface area contributed by atoms with Crippen molar-refractivity contribution in [2.45, 2.75) is 59.0 Å². The summed E-state index contributed by atoms with van der Waals surface area (Å²) < 4.78 is 5.38.